The van der Waals surface area contributed by atoms with Gasteiger partial charge >= 0.3 is 0 Å². The number of hydrogen-bond donors (Lipinski definition) is 1. The largest absolute Gasteiger partial charge is 0.352 e. The van der Waals surface area contributed by atoms with E-state index in [0.29, 0.717) is 11.4 Å². The third-order valence-electron chi connectivity index (χ3n) is 4.72. The number of nitrogens with zero attached hydrogens (tertiary/aromatic N) is 3. The van der Waals surface area contributed by atoms with E-state index >= 15 is 0 Å². The van der Waals surface area contributed by atoms with Gasteiger partial charge in [0.25, 0.3) is 0 Å². The predicted molar refractivity (Wildman–Crippen MR) is 130 cm³/mol. The second-order valence-electron chi connectivity index (χ2n) is 7.69. The van der Waals surface area contributed by atoms with Gasteiger partial charge in [-0.3, -0.25) is 4.99 Å². The fourth-order valence-corrected chi connectivity index (χ4v) is 5.41. The molecule has 1 saturated heterocycles. The van der Waals surface area contributed by atoms with Gasteiger partial charge in [-0.2, -0.15) is 16.1 Å². The quantitative estimate of drug-likeness (QED) is 0.353. The number of sulfonamides is 1. The maximum absolute atomic E-state index is 12.5. The third kappa shape index (κ3) is 6.50. The Morgan fingerprint density at radius 2 is 1.93 bits per heavy atom. The van der Waals surface area contributed by atoms with Crippen molar-refractivity contribution in [3.8, 4) is 0 Å². The summed E-state index contributed by atoms with van der Waals surface area (Å²) in [5, 5.41) is 3.40. The zero-order valence-corrected chi connectivity index (χ0v) is 21.6. The fourth-order valence-electron chi connectivity index (χ4n) is 2.93. The number of hydrogen-bond acceptors (Lipinski definition) is 4. The van der Waals surface area contributed by atoms with E-state index in [4.69, 9.17) is 0 Å². The monoisotopic (exact) mass is 540 g/mol. The van der Waals surface area contributed by atoms with Crippen molar-refractivity contribution in [3.63, 3.8) is 0 Å². The van der Waals surface area contributed by atoms with Crippen LogP contribution in [-0.4, -0.2) is 67.3 Å². The number of guanidine groups is 1. The first-order valence-electron chi connectivity index (χ1n) is 9.23. The first kappa shape index (κ1) is 25.5. The molecule has 0 spiro atoms. The molecule has 1 N–H and O–H groups in total. The number of aliphatic imine (C=N–C) groups is 1. The van der Waals surface area contributed by atoms with Gasteiger partial charge in [-0.25, -0.2) is 8.42 Å². The Bertz CT molecular complexity index is 765. The SMILES string of the molecule is CN=C(NCc1ccc(S(=O)(=O)N(C)C(C)C)cc1)N1CCSC(C)(C)C1.I. The van der Waals surface area contributed by atoms with Gasteiger partial charge < -0.3 is 10.2 Å². The molecule has 1 heterocycles. The lowest BCUT2D eigenvalue weighted by Gasteiger charge is -2.39. The smallest absolute Gasteiger partial charge is 0.243 e. The number of halogens is 1. The Labute approximate surface area is 191 Å². The second kappa shape index (κ2) is 10.5. The van der Waals surface area contributed by atoms with Crippen LogP contribution in [0.3, 0.4) is 0 Å². The summed E-state index contributed by atoms with van der Waals surface area (Å²) in [4.78, 5) is 7.02. The van der Waals surface area contributed by atoms with Crippen LogP contribution in [0.2, 0.25) is 0 Å². The van der Waals surface area contributed by atoms with E-state index in [0.717, 1.165) is 30.4 Å². The van der Waals surface area contributed by atoms with Crippen LogP contribution >= 0.6 is 35.7 Å². The fraction of sp³-hybridized carbons (Fsp3) is 0.632. The van der Waals surface area contributed by atoms with Crippen molar-refractivity contribution >= 4 is 51.7 Å². The molecular formula is C19H33IN4O2S2. The van der Waals surface area contributed by atoms with Crippen molar-refractivity contribution in [3.05, 3.63) is 29.8 Å². The van der Waals surface area contributed by atoms with Gasteiger partial charge in [-0.05, 0) is 45.4 Å². The summed E-state index contributed by atoms with van der Waals surface area (Å²) < 4.78 is 26.7. The van der Waals surface area contributed by atoms with Crippen LogP contribution in [0.4, 0.5) is 0 Å². The lowest BCUT2D eigenvalue weighted by Crippen LogP contribution is -2.50. The van der Waals surface area contributed by atoms with Gasteiger partial charge in [0.2, 0.25) is 10.0 Å². The predicted octanol–water partition coefficient (Wildman–Crippen LogP) is 3.24. The van der Waals surface area contributed by atoms with Gasteiger partial charge in [0, 0.05) is 50.3 Å². The van der Waals surface area contributed by atoms with Crippen LogP contribution in [0.25, 0.3) is 0 Å². The van der Waals surface area contributed by atoms with E-state index in [1.165, 1.54) is 4.31 Å². The molecule has 1 aromatic rings. The Morgan fingerprint density at radius 3 is 2.43 bits per heavy atom. The molecule has 1 aliphatic heterocycles. The third-order valence-corrected chi connectivity index (χ3v) is 8.06. The summed E-state index contributed by atoms with van der Waals surface area (Å²) in [7, 11) is -0.0333. The normalized spacial score (nSPS) is 17.6. The molecule has 160 valence electrons. The lowest BCUT2D eigenvalue weighted by molar-refractivity contribution is 0.375. The average Bonchev–Trinajstić information content (AvgIpc) is 2.61. The molecule has 6 nitrogen and oxygen atoms in total. The Morgan fingerprint density at radius 1 is 1.32 bits per heavy atom. The number of nitrogens with one attached hydrogen (secondary N) is 1. The molecule has 28 heavy (non-hydrogen) atoms. The summed E-state index contributed by atoms with van der Waals surface area (Å²) in [5.74, 6) is 1.98. The van der Waals surface area contributed by atoms with Gasteiger partial charge in [-0.1, -0.05) is 12.1 Å². The average molecular weight is 541 g/mol. The summed E-state index contributed by atoms with van der Waals surface area (Å²) in [6.07, 6.45) is 0. The molecule has 1 aromatic carbocycles. The first-order valence-corrected chi connectivity index (χ1v) is 11.7. The highest BCUT2D eigenvalue weighted by Crippen LogP contribution is 2.29. The molecule has 0 aliphatic carbocycles. The van der Waals surface area contributed by atoms with Crippen molar-refractivity contribution in [2.24, 2.45) is 4.99 Å². The molecule has 0 saturated carbocycles. The highest BCUT2D eigenvalue weighted by atomic mass is 127. The summed E-state index contributed by atoms with van der Waals surface area (Å²) in [6, 6.07) is 6.99. The standard InChI is InChI=1S/C19H32N4O2S2.HI/c1-15(2)22(6)27(24,25)17-9-7-16(8-10-17)13-21-18(20-5)23-11-12-26-19(3,4)14-23;/h7-10,15H,11-14H2,1-6H3,(H,20,21);1H. The van der Waals surface area contributed by atoms with Crippen LogP contribution in [0, 0.1) is 0 Å². The van der Waals surface area contributed by atoms with E-state index in [2.05, 4.69) is 29.1 Å². The van der Waals surface area contributed by atoms with Crippen molar-refractivity contribution in [1.82, 2.24) is 14.5 Å². The van der Waals surface area contributed by atoms with Crippen molar-refractivity contribution in [1.29, 1.82) is 0 Å². The first-order chi connectivity index (χ1) is 12.6. The van der Waals surface area contributed by atoms with Crippen LogP contribution in [0.5, 0.6) is 0 Å². The minimum atomic E-state index is -3.44. The molecule has 0 aromatic heterocycles. The maximum Gasteiger partial charge on any atom is 0.243 e. The van der Waals surface area contributed by atoms with Crippen LogP contribution in [0.1, 0.15) is 33.3 Å². The van der Waals surface area contributed by atoms with Crippen molar-refractivity contribution in [2.75, 3.05) is 32.9 Å². The van der Waals surface area contributed by atoms with Crippen LogP contribution < -0.4 is 5.32 Å². The van der Waals surface area contributed by atoms with E-state index in [9.17, 15) is 8.42 Å². The van der Waals surface area contributed by atoms with Gasteiger partial charge in [0.15, 0.2) is 5.96 Å². The summed E-state index contributed by atoms with van der Waals surface area (Å²) in [6.45, 7) is 10.8. The van der Waals surface area contributed by atoms with Gasteiger partial charge in [0.1, 0.15) is 0 Å². The lowest BCUT2D eigenvalue weighted by atomic mass is 10.2. The number of thioether (sulfide) groups is 1. The highest BCUT2D eigenvalue weighted by molar-refractivity contribution is 14.0. The molecule has 9 heteroatoms. The molecule has 0 amide bonds. The highest BCUT2D eigenvalue weighted by Gasteiger charge is 2.28. The molecule has 1 fully saturated rings. The number of benzene rings is 1. The van der Waals surface area contributed by atoms with Crippen LogP contribution in [0.15, 0.2) is 34.2 Å². The minimum absolute atomic E-state index is 0. The van der Waals surface area contributed by atoms with E-state index in [1.807, 2.05) is 37.7 Å². The van der Waals surface area contributed by atoms with Crippen molar-refractivity contribution in [2.45, 2.75) is 49.9 Å². The molecule has 1 aliphatic rings. The zero-order valence-electron chi connectivity index (χ0n) is 17.6. The number of rotatable bonds is 5. The van der Waals surface area contributed by atoms with Gasteiger partial charge in [0.05, 0.1) is 4.90 Å². The van der Waals surface area contributed by atoms with E-state index in [-0.39, 0.29) is 34.8 Å². The second-order valence-corrected chi connectivity index (χ2v) is 11.5. The van der Waals surface area contributed by atoms with Crippen molar-refractivity contribution < 1.29 is 8.42 Å². The van der Waals surface area contributed by atoms with Crippen LogP contribution in [-0.2, 0) is 16.6 Å². The summed E-state index contributed by atoms with van der Waals surface area (Å²) in [5.41, 5.74) is 1.02. The van der Waals surface area contributed by atoms with Gasteiger partial charge in [-0.15, -0.1) is 24.0 Å². The Hall–Kier alpha value is -0.520. The molecule has 2 rings (SSSR count). The minimum Gasteiger partial charge on any atom is -0.352 e. The summed E-state index contributed by atoms with van der Waals surface area (Å²) >= 11 is 1.99. The molecular weight excluding hydrogens is 507 g/mol. The maximum atomic E-state index is 12.5. The molecule has 0 bridgehead atoms. The molecule has 0 atom stereocenters. The van der Waals surface area contributed by atoms with E-state index < -0.39 is 10.0 Å². The Kier molecular flexibility index (Phi) is 9.56. The molecule has 0 radical (unpaired) electrons. The van der Waals surface area contributed by atoms with E-state index in [1.54, 1.807) is 26.2 Å². The molecule has 0 unspecified atom stereocenters. The zero-order chi connectivity index (χ0) is 20.2. The Balaban J connectivity index is 0.00000392. The topological polar surface area (TPSA) is 65.0 Å².